The van der Waals surface area contributed by atoms with Gasteiger partial charge in [-0.1, -0.05) is 0 Å². The maximum atomic E-state index is 13.3. The second-order valence-corrected chi connectivity index (χ2v) is 4.99. The Balaban J connectivity index is 2.11. The molecule has 0 spiro atoms. The molecule has 0 aliphatic carbocycles. The van der Waals surface area contributed by atoms with Gasteiger partial charge in [0.05, 0.1) is 0 Å². The highest BCUT2D eigenvalue weighted by Crippen LogP contribution is 2.20. The number of nitrogens with one attached hydrogen (secondary N) is 1. The number of piperidine rings is 1. The number of carboxylic acid groups (broad SMARTS) is 1. The van der Waals surface area contributed by atoms with E-state index in [1.165, 1.54) is 17.0 Å². The number of benzene rings is 1. The number of likely N-dealkylation sites (tertiary alicyclic amines) is 1. The third-order valence-electron chi connectivity index (χ3n) is 3.34. The molecule has 1 aliphatic heterocycles. The van der Waals surface area contributed by atoms with Crippen LogP contribution < -0.4 is 5.32 Å². The van der Waals surface area contributed by atoms with Crippen molar-refractivity contribution in [3.63, 3.8) is 0 Å². The number of carbonyl (C=O) groups excluding carboxylic acids is 1. The molecule has 0 bridgehead atoms. The number of carboxylic acids is 1. The topological polar surface area (TPSA) is 69.6 Å². The van der Waals surface area contributed by atoms with E-state index in [1.54, 1.807) is 13.0 Å². The number of halogens is 1. The highest BCUT2D eigenvalue weighted by atomic mass is 19.1. The van der Waals surface area contributed by atoms with Gasteiger partial charge in [0.15, 0.2) is 0 Å². The SMILES string of the molecule is Cc1cc(F)cc(NC(=O)N2CCCCC2C(=O)O)c1. The van der Waals surface area contributed by atoms with Crippen LogP contribution in [0.2, 0.25) is 0 Å². The Morgan fingerprint density at radius 2 is 2.10 bits per heavy atom. The van der Waals surface area contributed by atoms with Crippen LogP contribution in [0.15, 0.2) is 18.2 Å². The summed E-state index contributed by atoms with van der Waals surface area (Å²) in [7, 11) is 0. The van der Waals surface area contributed by atoms with E-state index in [4.69, 9.17) is 5.11 Å². The summed E-state index contributed by atoms with van der Waals surface area (Å²) in [5, 5.41) is 11.7. The van der Waals surface area contributed by atoms with Crippen LogP contribution in [0.1, 0.15) is 24.8 Å². The molecule has 6 heteroatoms. The smallest absolute Gasteiger partial charge is 0.326 e. The predicted molar refractivity (Wildman–Crippen MR) is 72.1 cm³/mol. The first-order valence-corrected chi connectivity index (χ1v) is 6.55. The van der Waals surface area contributed by atoms with Gasteiger partial charge in [0.1, 0.15) is 11.9 Å². The molecule has 0 saturated carbocycles. The standard InChI is InChI=1S/C14H17FN2O3/c1-9-6-10(15)8-11(7-9)16-14(20)17-5-3-2-4-12(17)13(18)19/h6-8,12H,2-5H2,1H3,(H,16,20)(H,18,19). The van der Waals surface area contributed by atoms with E-state index in [2.05, 4.69) is 5.32 Å². The van der Waals surface area contributed by atoms with Gasteiger partial charge >= 0.3 is 12.0 Å². The number of anilines is 1. The second-order valence-electron chi connectivity index (χ2n) is 4.99. The van der Waals surface area contributed by atoms with E-state index in [0.717, 1.165) is 12.8 Å². The maximum Gasteiger partial charge on any atom is 0.326 e. The Kier molecular flexibility index (Phi) is 4.22. The number of hydrogen-bond donors (Lipinski definition) is 2. The van der Waals surface area contributed by atoms with Crippen molar-refractivity contribution in [2.75, 3.05) is 11.9 Å². The van der Waals surface area contributed by atoms with Crippen molar-refractivity contribution in [2.24, 2.45) is 0 Å². The molecule has 1 fully saturated rings. The number of carbonyl (C=O) groups is 2. The molecule has 1 aromatic carbocycles. The average molecular weight is 280 g/mol. The Morgan fingerprint density at radius 3 is 2.75 bits per heavy atom. The summed E-state index contributed by atoms with van der Waals surface area (Å²) in [5.41, 5.74) is 1.02. The van der Waals surface area contributed by atoms with E-state index in [-0.39, 0.29) is 0 Å². The number of urea groups is 1. The third kappa shape index (κ3) is 3.26. The molecule has 1 heterocycles. The molecule has 20 heavy (non-hydrogen) atoms. The van der Waals surface area contributed by atoms with Gasteiger partial charge in [-0.25, -0.2) is 14.0 Å². The second kappa shape index (κ2) is 5.90. The minimum atomic E-state index is -1.00. The number of aryl methyl sites for hydroxylation is 1. The van der Waals surface area contributed by atoms with E-state index < -0.39 is 23.9 Å². The number of amides is 2. The molecular weight excluding hydrogens is 263 g/mol. The zero-order chi connectivity index (χ0) is 14.7. The fourth-order valence-electron chi connectivity index (χ4n) is 2.44. The number of hydrogen-bond acceptors (Lipinski definition) is 2. The molecule has 1 saturated heterocycles. The zero-order valence-electron chi connectivity index (χ0n) is 11.2. The van der Waals surface area contributed by atoms with E-state index in [9.17, 15) is 14.0 Å². The van der Waals surface area contributed by atoms with Crippen LogP contribution in [-0.4, -0.2) is 34.6 Å². The first-order valence-electron chi connectivity index (χ1n) is 6.55. The third-order valence-corrected chi connectivity index (χ3v) is 3.34. The van der Waals surface area contributed by atoms with Crippen molar-refractivity contribution in [1.82, 2.24) is 4.90 Å². The van der Waals surface area contributed by atoms with Gasteiger partial charge in [-0.15, -0.1) is 0 Å². The molecule has 5 nitrogen and oxygen atoms in total. The van der Waals surface area contributed by atoms with Gasteiger partial charge in [0.25, 0.3) is 0 Å². The molecule has 2 rings (SSSR count). The summed E-state index contributed by atoms with van der Waals surface area (Å²) >= 11 is 0. The van der Waals surface area contributed by atoms with Crippen molar-refractivity contribution in [3.05, 3.63) is 29.6 Å². The zero-order valence-corrected chi connectivity index (χ0v) is 11.2. The Labute approximate surface area is 116 Å². The highest BCUT2D eigenvalue weighted by Gasteiger charge is 2.31. The van der Waals surface area contributed by atoms with Crippen LogP contribution >= 0.6 is 0 Å². The van der Waals surface area contributed by atoms with Gasteiger partial charge in [-0.05, 0) is 49.9 Å². The average Bonchev–Trinajstić information content (AvgIpc) is 2.37. The summed E-state index contributed by atoms with van der Waals surface area (Å²) in [4.78, 5) is 24.6. The van der Waals surface area contributed by atoms with Crippen molar-refractivity contribution < 1.29 is 19.1 Å². The monoisotopic (exact) mass is 280 g/mol. The minimum absolute atomic E-state index is 0.335. The first kappa shape index (κ1) is 14.3. The lowest BCUT2D eigenvalue weighted by molar-refractivity contribution is -0.143. The Morgan fingerprint density at radius 1 is 1.35 bits per heavy atom. The Hall–Kier alpha value is -2.11. The van der Waals surface area contributed by atoms with Gasteiger partial charge in [-0.3, -0.25) is 0 Å². The summed E-state index contributed by atoms with van der Waals surface area (Å²) in [6.45, 7) is 2.12. The molecule has 0 aromatic heterocycles. The number of nitrogens with zero attached hydrogens (tertiary/aromatic N) is 1. The quantitative estimate of drug-likeness (QED) is 0.874. The lowest BCUT2D eigenvalue weighted by Crippen LogP contribution is -2.49. The summed E-state index contributed by atoms with van der Waals surface area (Å²) < 4.78 is 13.3. The fraction of sp³-hybridized carbons (Fsp3) is 0.429. The van der Waals surface area contributed by atoms with Crippen LogP contribution in [0, 0.1) is 12.7 Å². The van der Waals surface area contributed by atoms with E-state index in [0.29, 0.717) is 24.2 Å². The predicted octanol–water partition coefficient (Wildman–Crippen LogP) is 2.61. The van der Waals surface area contributed by atoms with Gasteiger partial charge in [0.2, 0.25) is 0 Å². The molecule has 1 unspecified atom stereocenters. The van der Waals surface area contributed by atoms with Crippen molar-refractivity contribution in [2.45, 2.75) is 32.2 Å². The molecule has 108 valence electrons. The first-order chi connectivity index (χ1) is 9.47. The van der Waals surface area contributed by atoms with Crippen molar-refractivity contribution >= 4 is 17.7 Å². The number of aliphatic carboxylic acids is 1. The largest absolute Gasteiger partial charge is 0.480 e. The lowest BCUT2D eigenvalue weighted by atomic mass is 10.0. The number of rotatable bonds is 2. The normalized spacial score (nSPS) is 18.7. The summed E-state index contributed by atoms with van der Waals surface area (Å²) in [6.07, 6.45) is 2.02. The van der Waals surface area contributed by atoms with Gasteiger partial charge < -0.3 is 15.3 Å². The highest BCUT2D eigenvalue weighted by molar-refractivity contribution is 5.92. The summed E-state index contributed by atoms with van der Waals surface area (Å²) in [5.74, 6) is -1.44. The van der Waals surface area contributed by atoms with E-state index >= 15 is 0 Å². The van der Waals surface area contributed by atoms with Crippen molar-refractivity contribution in [1.29, 1.82) is 0 Å². The van der Waals surface area contributed by atoms with Crippen LogP contribution in [0.25, 0.3) is 0 Å². The lowest BCUT2D eigenvalue weighted by Gasteiger charge is -2.32. The van der Waals surface area contributed by atoms with Crippen LogP contribution in [-0.2, 0) is 4.79 Å². The van der Waals surface area contributed by atoms with E-state index in [1.807, 2.05) is 0 Å². The van der Waals surface area contributed by atoms with Crippen LogP contribution in [0.3, 0.4) is 0 Å². The molecule has 2 N–H and O–H groups in total. The van der Waals surface area contributed by atoms with Gasteiger partial charge in [0, 0.05) is 12.2 Å². The Bertz CT molecular complexity index is 513. The molecule has 1 atom stereocenters. The molecule has 2 amide bonds. The van der Waals surface area contributed by atoms with Crippen molar-refractivity contribution in [3.8, 4) is 0 Å². The molecule has 1 aromatic rings. The fourth-order valence-corrected chi connectivity index (χ4v) is 2.44. The van der Waals surface area contributed by atoms with Gasteiger partial charge in [-0.2, -0.15) is 0 Å². The van der Waals surface area contributed by atoms with Crippen LogP contribution in [0.4, 0.5) is 14.9 Å². The maximum absolute atomic E-state index is 13.3. The molecule has 0 radical (unpaired) electrons. The van der Waals surface area contributed by atoms with Crippen LogP contribution in [0.5, 0.6) is 0 Å². The molecular formula is C14H17FN2O3. The molecule has 1 aliphatic rings. The summed E-state index contributed by atoms with van der Waals surface area (Å²) in [6, 6.07) is 2.91. The minimum Gasteiger partial charge on any atom is -0.480 e.